The van der Waals surface area contributed by atoms with Gasteiger partial charge in [-0.1, -0.05) is 13.0 Å². The molecule has 6 nitrogen and oxygen atoms in total. The maximum Gasteiger partial charge on any atom is 0.191 e. The number of halogens is 1. The number of nitrogens with one attached hydrogen (secondary N) is 2. The second-order valence-electron chi connectivity index (χ2n) is 6.61. The summed E-state index contributed by atoms with van der Waals surface area (Å²) in [7, 11) is 5.09. The highest BCUT2D eigenvalue weighted by molar-refractivity contribution is 14.0. The average molecular weight is 476 g/mol. The van der Waals surface area contributed by atoms with Gasteiger partial charge in [-0.2, -0.15) is 0 Å². The van der Waals surface area contributed by atoms with Gasteiger partial charge in [0, 0.05) is 26.7 Å². The number of nitrogens with zero attached hydrogens (tertiary/aromatic N) is 2. The Hall–Kier alpha value is -1.22. The zero-order valence-corrected chi connectivity index (χ0v) is 18.7. The van der Waals surface area contributed by atoms with E-state index in [1.54, 1.807) is 21.3 Å². The third-order valence-corrected chi connectivity index (χ3v) is 4.52. The quantitative estimate of drug-likeness (QED) is 0.344. The molecular formula is C19H33IN4O2. The minimum absolute atomic E-state index is 0. The van der Waals surface area contributed by atoms with E-state index in [9.17, 15) is 0 Å². The van der Waals surface area contributed by atoms with Crippen LogP contribution in [0.5, 0.6) is 11.5 Å². The summed E-state index contributed by atoms with van der Waals surface area (Å²) in [4.78, 5) is 6.86. The lowest BCUT2D eigenvalue weighted by Crippen LogP contribution is -2.41. The molecule has 0 aromatic heterocycles. The van der Waals surface area contributed by atoms with Crippen LogP contribution in [-0.4, -0.2) is 58.3 Å². The largest absolute Gasteiger partial charge is 0.493 e. The number of hydrogen-bond acceptors (Lipinski definition) is 4. The number of ether oxygens (including phenoxy) is 2. The molecule has 2 rings (SSSR count). The molecule has 2 N–H and O–H groups in total. The summed E-state index contributed by atoms with van der Waals surface area (Å²) >= 11 is 0. The zero-order chi connectivity index (χ0) is 18.1. The molecule has 1 aromatic rings. The monoisotopic (exact) mass is 476 g/mol. The normalized spacial score (nSPS) is 15.9. The van der Waals surface area contributed by atoms with Crippen molar-refractivity contribution in [3.8, 4) is 11.5 Å². The van der Waals surface area contributed by atoms with Crippen LogP contribution in [-0.2, 0) is 6.54 Å². The third kappa shape index (κ3) is 7.19. The van der Waals surface area contributed by atoms with Gasteiger partial charge in [0.05, 0.1) is 14.2 Å². The Kier molecular flexibility index (Phi) is 10.7. The van der Waals surface area contributed by atoms with Crippen LogP contribution in [0.3, 0.4) is 0 Å². The SMILES string of the molecule is CN=C(NCc1ccc(OC)c(OC)c1)NCC(C)CN1CCCC1.I. The topological polar surface area (TPSA) is 58.1 Å². The Labute approximate surface area is 174 Å². The lowest BCUT2D eigenvalue weighted by atomic mass is 10.1. The number of rotatable bonds is 8. The average Bonchev–Trinajstić information content (AvgIpc) is 3.14. The van der Waals surface area contributed by atoms with Crippen LogP contribution in [0.4, 0.5) is 0 Å². The maximum absolute atomic E-state index is 5.35. The number of benzene rings is 1. The first kappa shape index (κ1) is 22.8. The van der Waals surface area contributed by atoms with Gasteiger partial charge in [-0.15, -0.1) is 24.0 Å². The standard InChI is InChI=1S/C19H32N4O2.HI/c1-15(14-23-9-5-6-10-23)12-21-19(20-2)22-13-16-7-8-17(24-3)18(11-16)25-4;/h7-8,11,15H,5-6,9-10,12-14H2,1-4H3,(H2,20,21,22);1H. The first-order valence-corrected chi connectivity index (χ1v) is 9.04. The van der Waals surface area contributed by atoms with Crippen molar-refractivity contribution in [3.63, 3.8) is 0 Å². The molecule has 0 spiro atoms. The lowest BCUT2D eigenvalue weighted by Gasteiger charge is -2.21. The van der Waals surface area contributed by atoms with Gasteiger partial charge in [-0.05, 0) is 49.5 Å². The third-order valence-electron chi connectivity index (χ3n) is 4.52. The number of likely N-dealkylation sites (tertiary alicyclic amines) is 1. The van der Waals surface area contributed by atoms with E-state index < -0.39 is 0 Å². The van der Waals surface area contributed by atoms with Crippen LogP contribution in [0.25, 0.3) is 0 Å². The van der Waals surface area contributed by atoms with Crippen LogP contribution < -0.4 is 20.1 Å². The van der Waals surface area contributed by atoms with E-state index in [1.165, 1.54) is 25.9 Å². The molecule has 0 aliphatic carbocycles. The predicted octanol–water partition coefficient (Wildman–Crippen LogP) is 2.72. The van der Waals surface area contributed by atoms with Gasteiger partial charge < -0.3 is 25.0 Å². The van der Waals surface area contributed by atoms with E-state index in [1.807, 2.05) is 18.2 Å². The van der Waals surface area contributed by atoms with E-state index in [0.29, 0.717) is 12.5 Å². The van der Waals surface area contributed by atoms with Gasteiger partial charge >= 0.3 is 0 Å². The summed E-state index contributed by atoms with van der Waals surface area (Å²) in [5.74, 6) is 2.90. The number of hydrogen-bond donors (Lipinski definition) is 2. The van der Waals surface area contributed by atoms with E-state index in [-0.39, 0.29) is 24.0 Å². The molecule has 1 atom stereocenters. The molecule has 1 heterocycles. The van der Waals surface area contributed by atoms with Gasteiger partial charge in [0.25, 0.3) is 0 Å². The predicted molar refractivity (Wildman–Crippen MR) is 118 cm³/mol. The minimum atomic E-state index is 0. The van der Waals surface area contributed by atoms with E-state index in [0.717, 1.165) is 36.1 Å². The fourth-order valence-electron chi connectivity index (χ4n) is 3.14. The Morgan fingerprint density at radius 1 is 1.15 bits per heavy atom. The van der Waals surface area contributed by atoms with Crippen LogP contribution in [0, 0.1) is 5.92 Å². The van der Waals surface area contributed by atoms with Crippen molar-refractivity contribution < 1.29 is 9.47 Å². The number of guanidine groups is 1. The smallest absolute Gasteiger partial charge is 0.191 e. The van der Waals surface area contributed by atoms with Crippen LogP contribution in [0.2, 0.25) is 0 Å². The Morgan fingerprint density at radius 2 is 1.85 bits per heavy atom. The van der Waals surface area contributed by atoms with Crippen molar-refractivity contribution in [2.24, 2.45) is 10.9 Å². The van der Waals surface area contributed by atoms with Crippen LogP contribution >= 0.6 is 24.0 Å². The minimum Gasteiger partial charge on any atom is -0.493 e. The molecule has 0 bridgehead atoms. The summed E-state index contributed by atoms with van der Waals surface area (Å²) in [6.45, 7) is 7.53. The second kappa shape index (κ2) is 12.2. The van der Waals surface area contributed by atoms with Crippen molar-refractivity contribution in [3.05, 3.63) is 23.8 Å². The summed E-state index contributed by atoms with van der Waals surface area (Å²) in [6.07, 6.45) is 2.68. The van der Waals surface area contributed by atoms with Crippen molar-refractivity contribution >= 4 is 29.9 Å². The summed E-state index contributed by atoms with van der Waals surface area (Å²) < 4.78 is 10.6. The van der Waals surface area contributed by atoms with Crippen LogP contribution in [0.1, 0.15) is 25.3 Å². The first-order valence-electron chi connectivity index (χ1n) is 9.04. The molecule has 1 aliphatic rings. The van der Waals surface area contributed by atoms with E-state index in [2.05, 4.69) is 27.4 Å². The second-order valence-corrected chi connectivity index (χ2v) is 6.61. The summed E-state index contributed by atoms with van der Waals surface area (Å²) in [5, 5.41) is 6.77. The molecule has 1 saturated heterocycles. The summed E-state index contributed by atoms with van der Waals surface area (Å²) in [6, 6.07) is 5.93. The Bertz CT molecular complexity index is 562. The van der Waals surface area contributed by atoms with Crippen molar-refractivity contribution in [2.45, 2.75) is 26.3 Å². The highest BCUT2D eigenvalue weighted by Gasteiger charge is 2.14. The zero-order valence-electron chi connectivity index (χ0n) is 16.4. The highest BCUT2D eigenvalue weighted by Crippen LogP contribution is 2.27. The number of methoxy groups -OCH3 is 2. The molecule has 1 aromatic carbocycles. The molecule has 0 saturated carbocycles. The first-order chi connectivity index (χ1) is 12.2. The van der Waals surface area contributed by atoms with Crippen molar-refractivity contribution in [2.75, 3.05) is 47.4 Å². The van der Waals surface area contributed by atoms with Gasteiger partial charge in [0.2, 0.25) is 0 Å². The van der Waals surface area contributed by atoms with Crippen molar-refractivity contribution in [1.82, 2.24) is 15.5 Å². The Morgan fingerprint density at radius 3 is 2.46 bits per heavy atom. The molecule has 26 heavy (non-hydrogen) atoms. The Balaban J connectivity index is 0.00000338. The van der Waals surface area contributed by atoms with E-state index in [4.69, 9.17) is 9.47 Å². The van der Waals surface area contributed by atoms with Crippen LogP contribution in [0.15, 0.2) is 23.2 Å². The molecule has 1 fully saturated rings. The fourth-order valence-corrected chi connectivity index (χ4v) is 3.14. The highest BCUT2D eigenvalue weighted by atomic mass is 127. The molecule has 148 valence electrons. The molecule has 0 radical (unpaired) electrons. The van der Waals surface area contributed by atoms with E-state index >= 15 is 0 Å². The van der Waals surface area contributed by atoms with Gasteiger partial charge in [-0.25, -0.2) is 0 Å². The molecule has 7 heteroatoms. The fraction of sp³-hybridized carbons (Fsp3) is 0.632. The number of aliphatic imine (C=N–C) groups is 1. The van der Waals surface area contributed by atoms with Crippen molar-refractivity contribution in [1.29, 1.82) is 0 Å². The van der Waals surface area contributed by atoms with Gasteiger partial charge in [-0.3, -0.25) is 4.99 Å². The van der Waals surface area contributed by atoms with Gasteiger partial charge in [0.15, 0.2) is 17.5 Å². The van der Waals surface area contributed by atoms with Gasteiger partial charge in [0.1, 0.15) is 0 Å². The molecule has 1 unspecified atom stereocenters. The maximum atomic E-state index is 5.35. The molecular weight excluding hydrogens is 443 g/mol. The lowest BCUT2D eigenvalue weighted by molar-refractivity contribution is 0.287. The molecule has 1 aliphatic heterocycles. The summed E-state index contributed by atoms with van der Waals surface area (Å²) in [5.41, 5.74) is 1.12. The molecule has 0 amide bonds.